The number of phenols is 1. The van der Waals surface area contributed by atoms with Crippen molar-refractivity contribution in [1.29, 1.82) is 0 Å². The number of hydrogen-bond acceptors (Lipinski definition) is 6. The standard InChI is InChI=1S/C49H37N5OS/c1-29-20-22-30(23-21-29)32-24-25-50-39(27-32)34-15-10-14-33(26-34)35-18-11-19-40-43(35)52-47(54(40)49(2,3)4)42-44(55)37-17-9-8-16-36(37)41-38-28-51-46(31-12-6-5-7-13-31)53-48(38)56-45(41)42/h5-28,55H,1-4H3. The third-order valence-electron chi connectivity index (χ3n) is 10.6. The van der Waals surface area contributed by atoms with E-state index in [0.29, 0.717) is 17.2 Å². The molecule has 0 saturated heterocycles. The molecule has 6 nitrogen and oxygen atoms in total. The number of para-hydroxylation sites is 1. The average molecular weight is 744 g/mol. The number of nitrogens with zero attached hydrogens (tertiary/aromatic N) is 5. The summed E-state index contributed by atoms with van der Waals surface area (Å²) < 4.78 is 3.21. The highest BCUT2D eigenvalue weighted by Gasteiger charge is 2.29. The Morgan fingerprint density at radius 2 is 1.36 bits per heavy atom. The third-order valence-corrected chi connectivity index (χ3v) is 11.7. The summed E-state index contributed by atoms with van der Waals surface area (Å²) in [6.07, 6.45) is 3.81. The lowest BCUT2D eigenvalue weighted by Gasteiger charge is -2.25. The van der Waals surface area contributed by atoms with E-state index in [4.69, 9.17) is 19.9 Å². The maximum absolute atomic E-state index is 12.4. The minimum atomic E-state index is -0.383. The van der Waals surface area contributed by atoms with E-state index in [1.165, 1.54) is 5.56 Å². The number of rotatable bonds is 5. The highest BCUT2D eigenvalue weighted by atomic mass is 32.1. The predicted molar refractivity (Wildman–Crippen MR) is 232 cm³/mol. The van der Waals surface area contributed by atoms with E-state index in [0.717, 1.165) is 81.2 Å². The van der Waals surface area contributed by atoms with Gasteiger partial charge in [0, 0.05) is 50.8 Å². The Morgan fingerprint density at radius 3 is 2.16 bits per heavy atom. The van der Waals surface area contributed by atoms with Crippen molar-refractivity contribution in [3.63, 3.8) is 0 Å². The number of aromatic hydroxyl groups is 1. The van der Waals surface area contributed by atoms with Crippen LogP contribution in [-0.4, -0.2) is 29.6 Å². The van der Waals surface area contributed by atoms with Crippen molar-refractivity contribution in [2.75, 3.05) is 0 Å². The molecule has 0 amide bonds. The first-order valence-electron chi connectivity index (χ1n) is 18.8. The van der Waals surface area contributed by atoms with Gasteiger partial charge in [0.2, 0.25) is 0 Å². The Kier molecular flexibility index (Phi) is 7.83. The van der Waals surface area contributed by atoms with E-state index in [1.807, 2.05) is 60.9 Å². The van der Waals surface area contributed by atoms with Gasteiger partial charge in [0.1, 0.15) is 16.4 Å². The lowest BCUT2D eigenvalue weighted by Crippen LogP contribution is -2.22. The first-order chi connectivity index (χ1) is 27.2. The Balaban J connectivity index is 1.19. The van der Waals surface area contributed by atoms with Gasteiger partial charge in [0.05, 0.1) is 27.0 Å². The Labute approximate surface area is 328 Å². The van der Waals surface area contributed by atoms with Crippen molar-refractivity contribution in [3.05, 3.63) is 151 Å². The van der Waals surface area contributed by atoms with E-state index < -0.39 is 0 Å². The molecule has 0 aliphatic rings. The summed E-state index contributed by atoms with van der Waals surface area (Å²) in [5, 5.41) is 16.1. The fourth-order valence-corrected chi connectivity index (χ4v) is 9.15. The molecule has 0 unspecified atom stereocenters. The molecule has 6 aromatic carbocycles. The second kappa shape index (κ2) is 13.0. The van der Waals surface area contributed by atoms with Crippen LogP contribution in [0.3, 0.4) is 0 Å². The van der Waals surface area contributed by atoms with Crippen LogP contribution in [0.1, 0.15) is 26.3 Å². The molecule has 0 radical (unpaired) electrons. The molecule has 7 heteroatoms. The lowest BCUT2D eigenvalue weighted by molar-refractivity contribution is 0.412. The summed E-state index contributed by atoms with van der Waals surface area (Å²) in [5.41, 5.74) is 10.6. The molecule has 4 aromatic heterocycles. The van der Waals surface area contributed by atoms with Gasteiger partial charge >= 0.3 is 0 Å². The predicted octanol–water partition coefficient (Wildman–Crippen LogP) is 12.8. The maximum atomic E-state index is 12.4. The van der Waals surface area contributed by atoms with E-state index in [2.05, 4.69) is 117 Å². The molecular weight excluding hydrogens is 707 g/mol. The summed E-state index contributed by atoms with van der Waals surface area (Å²) in [7, 11) is 0. The van der Waals surface area contributed by atoms with Crippen molar-refractivity contribution in [2.24, 2.45) is 0 Å². The highest BCUT2D eigenvalue weighted by molar-refractivity contribution is 7.26. The third kappa shape index (κ3) is 5.54. The molecule has 0 spiro atoms. The highest BCUT2D eigenvalue weighted by Crippen LogP contribution is 2.50. The molecule has 4 heterocycles. The number of hydrogen-bond donors (Lipinski definition) is 1. The van der Waals surface area contributed by atoms with Gasteiger partial charge in [0.25, 0.3) is 0 Å². The smallest absolute Gasteiger partial charge is 0.160 e. The van der Waals surface area contributed by atoms with E-state index >= 15 is 0 Å². The average Bonchev–Trinajstić information content (AvgIpc) is 3.81. The minimum absolute atomic E-state index is 0.208. The molecule has 1 N–H and O–H groups in total. The molecule has 0 bridgehead atoms. The van der Waals surface area contributed by atoms with E-state index in [9.17, 15) is 5.11 Å². The fraction of sp³-hybridized carbons (Fsp3) is 0.102. The fourth-order valence-electron chi connectivity index (χ4n) is 7.95. The Morgan fingerprint density at radius 1 is 0.625 bits per heavy atom. The molecule has 0 aliphatic heterocycles. The van der Waals surface area contributed by atoms with Crippen LogP contribution in [0, 0.1) is 6.92 Å². The van der Waals surface area contributed by atoms with Crippen LogP contribution in [0.25, 0.3) is 98.4 Å². The number of pyridine rings is 1. The number of benzene rings is 6. The molecule has 270 valence electrons. The van der Waals surface area contributed by atoms with Crippen molar-refractivity contribution < 1.29 is 5.11 Å². The second-order valence-corrected chi connectivity index (χ2v) is 16.3. The molecular formula is C49H37N5OS. The lowest BCUT2D eigenvalue weighted by atomic mass is 9.98. The number of aromatic nitrogens is 5. The topological polar surface area (TPSA) is 76.7 Å². The maximum Gasteiger partial charge on any atom is 0.160 e. The van der Waals surface area contributed by atoms with Crippen molar-refractivity contribution in [2.45, 2.75) is 33.2 Å². The van der Waals surface area contributed by atoms with Crippen LogP contribution in [0.2, 0.25) is 0 Å². The summed E-state index contributed by atoms with van der Waals surface area (Å²) in [6.45, 7) is 8.67. The van der Waals surface area contributed by atoms with Gasteiger partial charge in [-0.2, -0.15) is 0 Å². The van der Waals surface area contributed by atoms with Crippen molar-refractivity contribution in [3.8, 4) is 62.0 Å². The van der Waals surface area contributed by atoms with E-state index in [1.54, 1.807) is 11.3 Å². The van der Waals surface area contributed by atoms with Gasteiger partial charge < -0.3 is 9.67 Å². The Bertz CT molecular complexity index is 3140. The van der Waals surface area contributed by atoms with Crippen LogP contribution in [0.5, 0.6) is 5.75 Å². The van der Waals surface area contributed by atoms with Crippen molar-refractivity contribution >= 4 is 53.4 Å². The molecule has 56 heavy (non-hydrogen) atoms. The number of imidazole rings is 1. The number of thiophene rings is 1. The molecule has 0 saturated carbocycles. The number of aryl methyl sites for hydroxylation is 1. The molecule has 0 atom stereocenters. The minimum Gasteiger partial charge on any atom is -0.506 e. The zero-order valence-electron chi connectivity index (χ0n) is 31.4. The second-order valence-electron chi connectivity index (χ2n) is 15.3. The first kappa shape index (κ1) is 33.8. The largest absolute Gasteiger partial charge is 0.506 e. The summed E-state index contributed by atoms with van der Waals surface area (Å²) in [4.78, 5) is 21.1. The van der Waals surface area contributed by atoms with Gasteiger partial charge in [-0.3, -0.25) is 4.98 Å². The monoisotopic (exact) mass is 743 g/mol. The van der Waals surface area contributed by atoms with Gasteiger partial charge in [-0.15, -0.1) is 11.3 Å². The first-order valence-corrected chi connectivity index (χ1v) is 19.6. The van der Waals surface area contributed by atoms with Gasteiger partial charge in [-0.1, -0.05) is 115 Å². The summed E-state index contributed by atoms with van der Waals surface area (Å²) >= 11 is 1.58. The quantitative estimate of drug-likeness (QED) is 0.190. The molecule has 10 rings (SSSR count). The van der Waals surface area contributed by atoms with Gasteiger partial charge in [-0.25, -0.2) is 15.0 Å². The van der Waals surface area contributed by atoms with Gasteiger partial charge in [-0.05, 0) is 74.0 Å². The van der Waals surface area contributed by atoms with Crippen LogP contribution in [0.15, 0.2) is 146 Å². The normalized spacial score (nSPS) is 12.0. The number of fused-ring (bicyclic) bond motifs is 6. The summed E-state index contributed by atoms with van der Waals surface area (Å²) in [5.74, 6) is 1.59. The zero-order chi connectivity index (χ0) is 38.1. The molecule has 10 aromatic rings. The zero-order valence-corrected chi connectivity index (χ0v) is 32.3. The van der Waals surface area contributed by atoms with Crippen LogP contribution in [0.4, 0.5) is 0 Å². The van der Waals surface area contributed by atoms with Gasteiger partial charge in [0.15, 0.2) is 5.82 Å². The van der Waals surface area contributed by atoms with E-state index in [-0.39, 0.29) is 11.3 Å². The summed E-state index contributed by atoms with van der Waals surface area (Å²) in [6, 6.07) is 45.8. The molecule has 0 aliphatic carbocycles. The molecule has 0 fully saturated rings. The van der Waals surface area contributed by atoms with Crippen LogP contribution >= 0.6 is 11.3 Å². The number of phenolic OH excluding ortho intramolecular Hbond substituents is 1. The van der Waals surface area contributed by atoms with Crippen LogP contribution < -0.4 is 0 Å². The Hall–Kier alpha value is -6.70. The SMILES string of the molecule is Cc1ccc(-c2ccnc(-c3cccc(-c4cccc5c4nc(-c4c(O)c6ccccc6c6c4sc4nc(-c7ccccc7)ncc46)n5C(C)(C)C)c3)c2)cc1. The van der Waals surface area contributed by atoms with Crippen LogP contribution in [-0.2, 0) is 5.54 Å². The van der Waals surface area contributed by atoms with Crippen molar-refractivity contribution in [1.82, 2.24) is 24.5 Å².